The van der Waals surface area contributed by atoms with Crippen molar-refractivity contribution >= 4 is 28.9 Å². The van der Waals surface area contributed by atoms with E-state index in [1.807, 2.05) is 24.3 Å². The highest BCUT2D eigenvalue weighted by Crippen LogP contribution is 2.23. The molecule has 0 atom stereocenters. The van der Waals surface area contributed by atoms with Gasteiger partial charge in [-0.25, -0.2) is 0 Å². The maximum absolute atomic E-state index is 12.6. The Hall–Kier alpha value is -2.20. The minimum Gasteiger partial charge on any atom is -0.478 e. The Morgan fingerprint density at radius 2 is 1.60 bits per heavy atom. The molecule has 1 N–H and O–H groups in total. The van der Waals surface area contributed by atoms with Crippen LogP contribution in [-0.2, 0) is 4.79 Å². The van der Waals surface area contributed by atoms with Crippen molar-refractivity contribution in [2.45, 2.75) is 33.3 Å². The third-order valence-electron chi connectivity index (χ3n) is 3.99. The summed E-state index contributed by atoms with van der Waals surface area (Å²) in [6.45, 7) is 9.61. The van der Waals surface area contributed by atoms with Gasteiger partial charge in [0.05, 0.1) is 0 Å². The van der Waals surface area contributed by atoms with Gasteiger partial charge in [0.25, 0.3) is 5.91 Å². The summed E-state index contributed by atoms with van der Waals surface area (Å²) in [6, 6.07) is 14.8. The van der Waals surface area contributed by atoms with Crippen LogP contribution in [0.15, 0.2) is 48.5 Å². The van der Waals surface area contributed by atoms with Crippen molar-refractivity contribution in [2.24, 2.45) is 0 Å². The van der Waals surface area contributed by atoms with Crippen LogP contribution in [-0.4, -0.2) is 24.6 Å². The maximum atomic E-state index is 12.6. The minimum atomic E-state index is -1.01. The van der Waals surface area contributed by atoms with Crippen LogP contribution in [0.5, 0.6) is 5.75 Å². The van der Waals surface area contributed by atoms with E-state index >= 15 is 0 Å². The lowest BCUT2D eigenvalue weighted by molar-refractivity contribution is -0.128. The van der Waals surface area contributed by atoms with Crippen molar-refractivity contribution in [1.29, 1.82) is 0 Å². The van der Waals surface area contributed by atoms with Gasteiger partial charge < -0.3 is 15.0 Å². The van der Waals surface area contributed by atoms with E-state index in [-0.39, 0.29) is 5.91 Å². The molecule has 0 aliphatic carbocycles. The molecule has 134 valence electrons. The van der Waals surface area contributed by atoms with E-state index in [1.165, 1.54) is 0 Å². The van der Waals surface area contributed by atoms with Crippen molar-refractivity contribution < 1.29 is 9.53 Å². The van der Waals surface area contributed by atoms with Crippen molar-refractivity contribution in [2.75, 3.05) is 23.3 Å². The first kappa shape index (κ1) is 19.1. The van der Waals surface area contributed by atoms with Crippen LogP contribution in [0.2, 0.25) is 5.02 Å². The van der Waals surface area contributed by atoms with Gasteiger partial charge in [0, 0.05) is 29.5 Å². The zero-order valence-corrected chi connectivity index (χ0v) is 15.9. The summed E-state index contributed by atoms with van der Waals surface area (Å²) in [5, 5.41) is 3.54. The van der Waals surface area contributed by atoms with E-state index in [9.17, 15) is 4.79 Å². The quantitative estimate of drug-likeness (QED) is 0.756. The molecule has 1 amide bonds. The standard InChI is InChI=1S/C20H25ClN2O2/c1-5-23(6-2)17-11-9-16(10-12-17)22-19(24)20(3,4)25-18-13-7-15(21)8-14-18/h7-14H,5-6H2,1-4H3,(H,22,24). The average molecular weight is 361 g/mol. The fraction of sp³-hybridized carbons (Fsp3) is 0.350. The number of halogens is 1. The van der Waals surface area contributed by atoms with Crippen molar-refractivity contribution in [3.63, 3.8) is 0 Å². The third kappa shape index (κ3) is 5.13. The Balaban J connectivity index is 2.03. The second kappa shape index (κ2) is 8.26. The van der Waals surface area contributed by atoms with Gasteiger partial charge >= 0.3 is 0 Å². The highest BCUT2D eigenvalue weighted by Gasteiger charge is 2.30. The monoisotopic (exact) mass is 360 g/mol. The number of amides is 1. The van der Waals surface area contributed by atoms with Crippen LogP contribution in [0.1, 0.15) is 27.7 Å². The summed E-state index contributed by atoms with van der Waals surface area (Å²) in [6.07, 6.45) is 0. The number of anilines is 2. The number of ether oxygens (including phenoxy) is 1. The van der Waals surface area contributed by atoms with E-state index in [0.29, 0.717) is 10.8 Å². The molecule has 0 aromatic heterocycles. The lowest BCUT2D eigenvalue weighted by Gasteiger charge is -2.26. The van der Waals surface area contributed by atoms with E-state index in [0.717, 1.165) is 24.5 Å². The van der Waals surface area contributed by atoms with Gasteiger partial charge in [-0.05, 0) is 76.2 Å². The summed E-state index contributed by atoms with van der Waals surface area (Å²) in [4.78, 5) is 14.8. The molecule has 2 aromatic carbocycles. The first-order chi connectivity index (χ1) is 11.9. The average Bonchev–Trinajstić information content (AvgIpc) is 2.59. The highest BCUT2D eigenvalue weighted by molar-refractivity contribution is 6.30. The maximum Gasteiger partial charge on any atom is 0.267 e. The smallest absolute Gasteiger partial charge is 0.267 e. The van der Waals surface area contributed by atoms with Crippen molar-refractivity contribution in [3.05, 3.63) is 53.6 Å². The van der Waals surface area contributed by atoms with Crippen LogP contribution in [0.4, 0.5) is 11.4 Å². The number of nitrogens with one attached hydrogen (secondary N) is 1. The van der Waals surface area contributed by atoms with Gasteiger partial charge in [-0.2, -0.15) is 0 Å². The van der Waals surface area contributed by atoms with Crippen LogP contribution >= 0.6 is 11.6 Å². The Morgan fingerprint density at radius 1 is 1.04 bits per heavy atom. The molecular weight excluding hydrogens is 336 g/mol. The summed E-state index contributed by atoms with van der Waals surface area (Å²) in [5.41, 5.74) is 0.874. The van der Waals surface area contributed by atoms with Crippen LogP contribution in [0, 0.1) is 0 Å². The number of nitrogens with zero attached hydrogens (tertiary/aromatic N) is 1. The second-order valence-electron chi connectivity index (χ2n) is 6.24. The predicted molar refractivity (Wildman–Crippen MR) is 105 cm³/mol. The Morgan fingerprint density at radius 3 is 2.12 bits per heavy atom. The van der Waals surface area contributed by atoms with Crippen LogP contribution in [0.25, 0.3) is 0 Å². The Labute approximate surface area is 154 Å². The van der Waals surface area contributed by atoms with Gasteiger partial charge in [0.15, 0.2) is 5.60 Å². The van der Waals surface area contributed by atoms with Gasteiger partial charge in [0.2, 0.25) is 0 Å². The molecule has 0 unspecified atom stereocenters. The second-order valence-corrected chi connectivity index (χ2v) is 6.68. The molecule has 0 bridgehead atoms. The minimum absolute atomic E-state index is 0.210. The molecule has 0 fully saturated rings. The molecule has 0 spiro atoms. The molecule has 0 aliphatic rings. The number of benzene rings is 2. The molecule has 0 heterocycles. The van der Waals surface area contributed by atoms with Crippen molar-refractivity contribution in [1.82, 2.24) is 0 Å². The van der Waals surface area contributed by atoms with Gasteiger partial charge in [-0.1, -0.05) is 11.6 Å². The van der Waals surface area contributed by atoms with E-state index in [1.54, 1.807) is 38.1 Å². The number of carbonyl (C=O) groups excluding carboxylic acids is 1. The third-order valence-corrected chi connectivity index (χ3v) is 4.24. The van der Waals surface area contributed by atoms with Crippen molar-refractivity contribution in [3.8, 4) is 5.75 Å². The zero-order valence-electron chi connectivity index (χ0n) is 15.2. The lowest BCUT2D eigenvalue weighted by Crippen LogP contribution is -2.42. The molecule has 0 radical (unpaired) electrons. The van der Waals surface area contributed by atoms with E-state index in [2.05, 4.69) is 24.1 Å². The molecule has 0 saturated heterocycles. The molecule has 2 aromatic rings. The number of hydrogen-bond acceptors (Lipinski definition) is 3. The van der Waals surface area contributed by atoms with Crippen LogP contribution < -0.4 is 15.0 Å². The molecule has 0 aliphatic heterocycles. The van der Waals surface area contributed by atoms with Crippen LogP contribution in [0.3, 0.4) is 0 Å². The number of rotatable bonds is 7. The normalized spacial score (nSPS) is 11.1. The molecule has 0 saturated carbocycles. The fourth-order valence-electron chi connectivity index (χ4n) is 2.47. The largest absolute Gasteiger partial charge is 0.478 e. The zero-order chi connectivity index (χ0) is 18.4. The van der Waals surface area contributed by atoms with Gasteiger partial charge in [-0.3, -0.25) is 4.79 Å². The molecule has 2 rings (SSSR count). The number of hydrogen-bond donors (Lipinski definition) is 1. The van der Waals surface area contributed by atoms with Gasteiger partial charge in [0.1, 0.15) is 5.75 Å². The highest BCUT2D eigenvalue weighted by atomic mass is 35.5. The first-order valence-electron chi connectivity index (χ1n) is 8.46. The summed E-state index contributed by atoms with van der Waals surface area (Å²) in [5.74, 6) is 0.388. The predicted octanol–water partition coefficient (Wildman–Crippen LogP) is 4.98. The molecule has 4 nitrogen and oxygen atoms in total. The number of carbonyl (C=O) groups is 1. The molecular formula is C20H25ClN2O2. The summed E-state index contributed by atoms with van der Waals surface area (Å²) >= 11 is 5.87. The fourth-order valence-corrected chi connectivity index (χ4v) is 2.60. The topological polar surface area (TPSA) is 41.6 Å². The summed E-state index contributed by atoms with van der Waals surface area (Å²) in [7, 11) is 0. The lowest BCUT2D eigenvalue weighted by atomic mass is 10.1. The Kier molecular flexibility index (Phi) is 6.32. The molecule has 25 heavy (non-hydrogen) atoms. The molecule has 5 heteroatoms. The van der Waals surface area contributed by atoms with Gasteiger partial charge in [-0.15, -0.1) is 0 Å². The first-order valence-corrected chi connectivity index (χ1v) is 8.84. The summed E-state index contributed by atoms with van der Waals surface area (Å²) < 4.78 is 5.81. The Bertz CT molecular complexity index is 693. The SMILES string of the molecule is CCN(CC)c1ccc(NC(=O)C(C)(C)Oc2ccc(Cl)cc2)cc1. The van der Waals surface area contributed by atoms with E-state index in [4.69, 9.17) is 16.3 Å². The van der Waals surface area contributed by atoms with E-state index < -0.39 is 5.60 Å².